The van der Waals surface area contributed by atoms with Crippen molar-refractivity contribution in [1.82, 2.24) is 5.32 Å². The Bertz CT molecular complexity index is 536. The van der Waals surface area contributed by atoms with E-state index in [0.29, 0.717) is 12.0 Å². The third-order valence-electron chi connectivity index (χ3n) is 3.93. The van der Waals surface area contributed by atoms with Gasteiger partial charge in [0.2, 0.25) is 0 Å². The molecule has 0 saturated carbocycles. The van der Waals surface area contributed by atoms with Crippen molar-refractivity contribution >= 4 is 5.69 Å². The van der Waals surface area contributed by atoms with Gasteiger partial charge in [0.25, 0.3) is 0 Å². The van der Waals surface area contributed by atoms with Crippen LogP contribution in [0.5, 0.6) is 0 Å². The summed E-state index contributed by atoms with van der Waals surface area (Å²) in [7, 11) is 0. The van der Waals surface area contributed by atoms with Gasteiger partial charge in [-0.05, 0) is 42.0 Å². The lowest BCUT2D eigenvalue weighted by molar-refractivity contribution is 0.598. The molecular weight excluding hydrogens is 232 g/mol. The minimum atomic E-state index is 0.578. The molecule has 0 spiro atoms. The summed E-state index contributed by atoms with van der Waals surface area (Å²) in [5, 5.41) is 3.63. The molecule has 0 radical (unpaired) electrons. The van der Waals surface area contributed by atoms with Gasteiger partial charge in [0.15, 0.2) is 0 Å². The molecule has 1 aliphatic rings. The topological polar surface area (TPSA) is 38.0 Å². The van der Waals surface area contributed by atoms with E-state index < -0.39 is 0 Å². The molecule has 1 saturated heterocycles. The molecule has 98 valence electrons. The normalized spacial score (nSPS) is 22.5. The van der Waals surface area contributed by atoms with Gasteiger partial charge in [-0.1, -0.05) is 42.5 Å². The first-order valence-corrected chi connectivity index (χ1v) is 6.94. The van der Waals surface area contributed by atoms with Crippen molar-refractivity contribution in [1.29, 1.82) is 0 Å². The molecule has 0 bridgehead atoms. The lowest BCUT2D eigenvalue weighted by Crippen LogP contribution is -2.23. The molecule has 2 aromatic carbocycles. The van der Waals surface area contributed by atoms with Crippen LogP contribution in [0.15, 0.2) is 54.6 Å². The lowest BCUT2D eigenvalue weighted by atomic mass is 9.94. The molecule has 2 atom stereocenters. The maximum absolute atomic E-state index is 5.86. The summed E-state index contributed by atoms with van der Waals surface area (Å²) in [6.45, 7) is 1.06. The van der Waals surface area contributed by atoms with Crippen molar-refractivity contribution in [3.05, 3.63) is 65.7 Å². The third kappa shape index (κ3) is 2.96. The van der Waals surface area contributed by atoms with Crippen molar-refractivity contribution in [2.24, 2.45) is 0 Å². The van der Waals surface area contributed by atoms with E-state index in [1.54, 1.807) is 0 Å². The fourth-order valence-electron chi connectivity index (χ4n) is 2.94. The molecule has 19 heavy (non-hydrogen) atoms. The molecule has 1 fully saturated rings. The standard InChI is InChI=1S/C17H20N2/c18-16-8-4-7-14(10-16)15-11-17(19-12-15)9-13-5-2-1-3-6-13/h1-8,10,15,17,19H,9,11-12,18H2. The van der Waals surface area contributed by atoms with Crippen LogP contribution in [-0.2, 0) is 6.42 Å². The van der Waals surface area contributed by atoms with E-state index in [-0.39, 0.29) is 0 Å². The van der Waals surface area contributed by atoms with Crippen LogP contribution in [0.4, 0.5) is 5.69 Å². The monoisotopic (exact) mass is 252 g/mol. The second-order valence-corrected chi connectivity index (χ2v) is 5.40. The highest BCUT2D eigenvalue weighted by molar-refractivity contribution is 5.42. The van der Waals surface area contributed by atoms with Crippen LogP contribution in [0.2, 0.25) is 0 Å². The molecule has 2 heteroatoms. The highest BCUT2D eigenvalue weighted by Crippen LogP contribution is 2.28. The van der Waals surface area contributed by atoms with Gasteiger partial charge < -0.3 is 11.1 Å². The van der Waals surface area contributed by atoms with Gasteiger partial charge in [0.05, 0.1) is 0 Å². The fraction of sp³-hybridized carbons (Fsp3) is 0.294. The smallest absolute Gasteiger partial charge is 0.0316 e. The summed E-state index contributed by atoms with van der Waals surface area (Å²) in [5.41, 5.74) is 9.50. The molecule has 0 aromatic heterocycles. The summed E-state index contributed by atoms with van der Waals surface area (Å²) in [6.07, 6.45) is 2.30. The summed E-state index contributed by atoms with van der Waals surface area (Å²) >= 11 is 0. The molecule has 1 heterocycles. The minimum absolute atomic E-state index is 0.578. The number of nitrogens with one attached hydrogen (secondary N) is 1. The summed E-state index contributed by atoms with van der Waals surface area (Å²) in [4.78, 5) is 0. The van der Waals surface area contributed by atoms with Crippen LogP contribution in [-0.4, -0.2) is 12.6 Å². The van der Waals surface area contributed by atoms with Crippen LogP contribution in [0, 0.1) is 0 Å². The van der Waals surface area contributed by atoms with E-state index in [1.165, 1.54) is 17.5 Å². The summed E-state index contributed by atoms with van der Waals surface area (Å²) in [6, 6.07) is 19.6. The molecule has 3 N–H and O–H groups in total. The van der Waals surface area contributed by atoms with Crippen molar-refractivity contribution < 1.29 is 0 Å². The van der Waals surface area contributed by atoms with Gasteiger partial charge in [-0.2, -0.15) is 0 Å². The van der Waals surface area contributed by atoms with Gasteiger partial charge in [-0.15, -0.1) is 0 Å². The zero-order chi connectivity index (χ0) is 13.1. The number of benzene rings is 2. The van der Waals surface area contributed by atoms with Crippen molar-refractivity contribution in [3.8, 4) is 0 Å². The quantitative estimate of drug-likeness (QED) is 0.824. The molecule has 2 nitrogen and oxygen atoms in total. The first-order valence-electron chi connectivity index (χ1n) is 6.94. The average Bonchev–Trinajstić information content (AvgIpc) is 2.88. The Morgan fingerprint density at radius 2 is 1.89 bits per heavy atom. The first-order chi connectivity index (χ1) is 9.31. The van der Waals surface area contributed by atoms with Crippen LogP contribution >= 0.6 is 0 Å². The molecule has 2 aromatic rings. The number of nitrogens with two attached hydrogens (primary N) is 1. The molecule has 3 rings (SSSR count). The van der Waals surface area contributed by atoms with Crippen LogP contribution in [0.1, 0.15) is 23.5 Å². The van der Waals surface area contributed by atoms with Gasteiger partial charge in [-0.25, -0.2) is 0 Å². The molecule has 1 aliphatic heterocycles. The second kappa shape index (κ2) is 5.45. The predicted molar refractivity (Wildman–Crippen MR) is 80.1 cm³/mol. The van der Waals surface area contributed by atoms with Crippen molar-refractivity contribution in [2.75, 3.05) is 12.3 Å². The van der Waals surface area contributed by atoms with E-state index in [0.717, 1.165) is 18.7 Å². The molecule has 0 amide bonds. The van der Waals surface area contributed by atoms with E-state index in [9.17, 15) is 0 Å². The summed E-state index contributed by atoms with van der Waals surface area (Å²) in [5.74, 6) is 0.595. The van der Waals surface area contributed by atoms with Gasteiger partial charge in [-0.3, -0.25) is 0 Å². The van der Waals surface area contributed by atoms with Crippen LogP contribution in [0.25, 0.3) is 0 Å². The Labute approximate surface area is 114 Å². The zero-order valence-corrected chi connectivity index (χ0v) is 11.0. The average molecular weight is 252 g/mol. The third-order valence-corrected chi connectivity index (χ3v) is 3.93. The Morgan fingerprint density at radius 1 is 1.05 bits per heavy atom. The minimum Gasteiger partial charge on any atom is -0.399 e. The van der Waals surface area contributed by atoms with Crippen LogP contribution < -0.4 is 11.1 Å². The zero-order valence-electron chi connectivity index (χ0n) is 11.0. The highest BCUT2D eigenvalue weighted by Gasteiger charge is 2.25. The lowest BCUT2D eigenvalue weighted by Gasteiger charge is -2.11. The highest BCUT2D eigenvalue weighted by atomic mass is 14.9. The maximum atomic E-state index is 5.86. The van der Waals surface area contributed by atoms with Gasteiger partial charge >= 0.3 is 0 Å². The SMILES string of the molecule is Nc1cccc(C2CNC(Cc3ccccc3)C2)c1. The maximum Gasteiger partial charge on any atom is 0.0316 e. The van der Waals surface area contributed by atoms with E-state index in [4.69, 9.17) is 5.73 Å². The second-order valence-electron chi connectivity index (χ2n) is 5.40. The van der Waals surface area contributed by atoms with Gasteiger partial charge in [0.1, 0.15) is 0 Å². The number of hydrogen-bond donors (Lipinski definition) is 2. The molecule has 0 aliphatic carbocycles. The Kier molecular flexibility index (Phi) is 3.51. The molecular formula is C17H20N2. The van der Waals surface area contributed by atoms with E-state index >= 15 is 0 Å². The van der Waals surface area contributed by atoms with Crippen molar-refractivity contribution in [2.45, 2.75) is 24.8 Å². The molecule has 2 unspecified atom stereocenters. The van der Waals surface area contributed by atoms with E-state index in [1.807, 2.05) is 6.07 Å². The predicted octanol–water partition coefficient (Wildman–Crippen LogP) is 2.96. The summed E-state index contributed by atoms with van der Waals surface area (Å²) < 4.78 is 0. The van der Waals surface area contributed by atoms with Crippen LogP contribution in [0.3, 0.4) is 0 Å². The van der Waals surface area contributed by atoms with Crippen molar-refractivity contribution in [3.63, 3.8) is 0 Å². The number of anilines is 1. The Hall–Kier alpha value is -1.80. The van der Waals surface area contributed by atoms with E-state index in [2.05, 4.69) is 53.8 Å². The fourth-order valence-corrected chi connectivity index (χ4v) is 2.94. The number of rotatable bonds is 3. The number of nitrogen functional groups attached to an aromatic ring is 1. The number of hydrogen-bond acceptors (Lipinski definition) is 2. The Morgan fingerprint density at radius 3 is 2.68 bits per heavy atom. The Balaban J connectivity index is 1.64. The largest absolute Gasteiger partial charge is 0.399 e. The first kappa shape index (κ1) is 12.2. The van der Waals surface area contributed by atoms with Gasteiger partial charge in [0, 0.05) is 18.3 Å².